The van der Waals surface area contributed by atoms with E-state index in [-0.39, 0.29) is 0 Å². The average molecular weight is 334 g/mol. The van der Waals surface area contributed by atoms with Crippen molar-refractivity contribution >= 4 is 33.1 Å². The second-order valence-electron chi connectivity index (χ2n) is 4.37. The second kappa shape index (κ2) is 4.83. The number of hydrogen-bond donors (Lipinski definition) is 2. The number of anilines is 1. The fourth-order valence-electron chi connectivity index (χ4n) is 2.10. The van der Waals surface area contributed by atoms with Crippen molar-refractivity contribution in [2.75, 3.05) is 5.73 Å². The molecule has 0 fully saturated rings. The molecule has 2 aromatic heterocycles. The fourth-order valence-corrected chi connectivity index (χ4v) is 3.25. The maximum Gasteiger partial charge on any atom is 0.153 e. The summed E-state index contributed by atoms with van der Waals surface area (Å²) in [6.45, 7) is 2.07. The number of halogens is 1. The van der Waals surface area contributed by atoms with Crippen molar-refractivity contribution in [1.29, 1.82) is 0 Å². The predicted octanol–water partition coefficient (Wildman–Crippen LogP) is 4.46. The Kier molecular flexibility index (Phi) is 3.16. The Morgan fingerprint density at radius 2 is 2.11 bits per heavy atom. The van der Waals surface area contributed by atoms with E-state index in [1.807, 2.05) is 6.07 Å². The largest absolute Gasteiger partial charge is 0.382 e. The predicted molar refractivity (Wildman–Crippen MR) is 84.2 cm³/mol. The molecule has 0 atom stereocenters. The topological polar surface area (TPSA) is 54.7 Å². The molecule has 0 bridgehead atoms. The first-order valence-corrected chi connectivity index (χ1v) is 7.47. The number of aryl methyl sites for hydroxylation is 1. The number of nitrogens with two attached hydrogens (primary N) is 1. The Morgan fingerprint density at radius 1 is 1.26 bits per heavy atom. The van der Waals surface area contributed by atoms with Gasteiger partial charge in [0.05, 0.1) is 15.0 Å². The van der Waals surface area contributed by atoms with E-state index in [1.165, 1.54) is 5.56 Å². The molecule has 0 aliphatic carbocycles. The van der Waals surface area contributed by atoms with Gasteiger partial charge in [-0.1, -0.05) is 29.8 Å². The van der Waals surface area contributed by atoms with Crippen LogP contribution >= 0.6 is 27.3 Å². The lowest BCUT2D eigenvalue weighted by atomic mass is 10.0. The van der Waals surface area contributed by atoms with Gasteiger partial charge in [0, 0.05) is 10.9 Å². The van der Waals surface area contributed by atoms with E-state index >= 15 is 0 Å². The van der Waals surface area contributed by atoms with Crippen LogP contribution in [0, 0.1) is 6.92 Å². The molecule has 3 aromatic rings. The minimum Gasteiger partial charge on any atom is -0.382 e. The maximum absolute atomic E-state index is 6.02. The molecular weight excluding hydrogens is 322 g/mol. The Labute approximate surface area is 123 Å². The number of rotatable bonds is 2. The number of aromatic amines is 1. The van der Waals surface area contributed by atoms with Gasteiger partial charge in [0.25, 0.3) is 0 Å². The Bertz CT molecular complexity index is 730. The van der Waals surface area contributed by atoms with Crippen LogP contribution < -0.4 is 5.73 Å². The summed E-state index contributed by atoms with van der Waals surface area (Å²) in [5, 5.41) is 9.26. The first-order chi connectivity index (χ1) is 9.15. The van der Waals surface area contributed by atoms with Gasteiger partial charge in [0.1, 0.15) is 0 Å². The van der Waals surface area contributed by atoms with E-state index in [4.69, 9.17) is 5.73 Å². The smallest absolute Gasteiger partial charge is 0.153 e. The molecule has 3 N–H and O–H groups in total. The number of benzene rings is 1. The Hall–Kier alpha value is -1.59. The summed E-state index contributed by atoms with van der Waals surface area (Å²) in [6, 6.07) is 10.3. The summed E-state index contributed by atoms with van der Waals surface area (Å²) in [6.07, 6.45) is 0. The van der Waals surface area contributed by atoms with Gasteiger partial charge in [-0.05, 0) is 34.5 Å². The average Bonchev–Trinajstić information content (AvgIpc) is 2.95. The van der Waals surface area contributed by atoms with Crippen molar-refractivity contribution in [1.82, 2.24) is 10.2 Å². The molecule has 0 aliphatic rings. The van der Waals surface area contributed by atoms with E-state index in [1.54, 1.807) is 11.3 Å². The SMILES string of the molecule is Cc1cccc(-c2c(N)n[nH]c2-c2csc(Br)c2)c1. The van der Waals surface area contributed by atoms with Gasteiger partial charge in [-0.25, -0.2) is 0 Å². The molecule has 5 heteroatoms. The molecule has 96 valence electrons. The van der Waals surface area contributed by atoms with Crippen molar-refractivity contribution < 1.29 is 0 Å². The summed E-state index contributed by atoms with van der Waals surface area (Å²) in [5.41, 5.74) is 11.3. The van der Waals surface area contributed by atoms with Crippen LogP contribution in [0.2, 0.25) is 0 Å². The molecule has 0 spiro atoms. The van der Waals surface area contributed by atoms with Gasteiger partial charge in [-0.2, -0.15) is 5.10 Å². The van der Waals surface area contributed by atoms with Crippen molar-refractivity contribution in [2.45, 2.75) is 6.92 Å². The van der Waals surface area contributed by atoms with Crippen LogP contribution in [0.25, 0.3) is 22.4 Å². The second-order valence-corrected chi connectivity index (χ2v) is 6.66. The minimum atomic E-state index is 0.530. The third-order valence-corrected chi connectivity index (χ3v) is 4.46. The minimum absolute atomic E-state index is 0.530. The van der Waals surface area contributed by atoms with Gasteiger partial charge in [0.2, 0.25) is 0 Å². The molecule has 0 radical (unpaired) electrons. The lowest BCUT2D eigenvalue weighted by Crippen LogP contribution is -1.88. The van der Waals surface area contributed by atoms with Gasteiger partial charge in [-0.15, -0.1) is 11.3 Å². The monoisotopic (exact) mass is 333 g/mol. The maximum atomic E-state index is 6.02. The number of H-pyrrole nitrogens is 1. The lowest BCUT2D eigenvalue weighted by Gasteiger charge is -2.04. The number of thiophene rings is 1. The number of nitrogens with one attached hydrogen (secondary N) is 1. The molecule has 0 saturated carbocycles. The van der Waals surface area contributed by atoms with Crippen LogP contribution in [0.4, 0.5) is 5.82 Å². The molecule has 0 saturated heterocycles. The van der Waals surface area contributed by atoms with Gasteiger partial charge >= 0.3 is 0 Å². The molecule has 1 aromatic carbocycles. The van der Waals surface area contributed by atoms with Crippen LogP contribution in [0.3, 0.4) is 0 Å². The third-order valence-electron chi connectivity index (χ3n) is 2.96. The van der Waals surface area contributed by atoms with Crippen LogP contribution in [0.1, 0.15) is 5.56 Å². The van der Waals surface area contributed by atoms with Crippen molar-refractivity contribution in [3.63, 3.8) is 0 Å². The Balaban J connectivity index is 2.19. The summed E-state index contributed by atoms with van der Waals surface area (Å²) < 4.78 is 1.09. The lowest BCUT2D eigenvalue weighted by molar-refractivity contribution is 1.10. The van der Waals surface area contributed by atoms with Crippen LogP contribution in [0.5, 0.6) is 0 Å². The molecule has 19 heavy (non-hydrogen) atoms. The zero-order valence-electron chi connectivity index (χ0n) is 10.3. The van der Waals surface area contributed by atoms with E-state index in [0.29, 0.717) is 5.82 Å². The standard InChI is InChI=1S/C14H12BrN3S/c1-8-3-2-4-9(5-8)12-13(17-18-14(12)16)10-6-11(15)19-7-10/h2-7H,1H3,(H3,16,17,18). The van der Waals surface area contributed by atoms with Crippen LogP contribution in [0.15, 0.2) is 39.5 Å². The first kappa shape index (κ1) is 12.4. The number of hydrogen-bond acceptors (Lipinski definition) is 3. The molecule has 0 aliphatic heterocycles. The van der Waals surface area contributed by atoms with Gasteiger partial charge in [0.15, 0.2) is 5.82 Å². The highest BCUT2D eigenvalue weighted by Crippen LogP contribution is 2.37. The molecule has 0 unspecified atom stereocenters. The molecule has 2 heterocycles. The molecule has 0 amide bonds. The highest BCUT2D eigenvalue weighted by molar-refractivity contribution is 9.11. The molecule has 3 rings (SSSR count). The van der Waals surface area contributed by atoms with E-state index in [0.717, 1.165) is 26.2 Å². The summed E-state index contributed by atoms with van der Waals surface area (Å²) in [4.78, 5) is 0. The van der Waals surface area contributed by atoms with E-state index in [2.05, 4.69) is 62.7 Å². The summed E-state index contributed by atoms with van der Waals surface area (Å²) in [5.74, 6) is 0.530. The molecular formula is C14H12BrN3S. The van der Waals surface area contributed by atoms with E-state index in [9.17, 15) is 0 Å². The Morgan fingerprint density at radius 3 is 2.79 bits per heavy atom. The highest BCUT2D eigenvalue weighted by Gasteiger charge is 2.15. The quantitative estimate of drug-likeness (QED) is 0.727. The zero-order valence-corrected chi connectivity index (χ0v) is 12.7. The van der Waals surface area contributed by atoms with Crippen molar-refractivity contribution in [3.8, 4) is 22.4 Å². The highest BCUT2D eigenvalue weighted by atomic mass is 79.9. The number of nitrogen functional groups attached to an aromatic ring is 1. The molecule has 3 nitrogen and oxygen atoms in total. The van der Waals surface area contributed by atoms with Crippen LogP contribution in [-0.2, 0) is 0 Å². The summed E-state index contributed by atoms with van der Waals surface area (Å²) in [7, 11) is 0. The van der Waals surface area contributed by atoms with E-state index < -0.39 is 0 Å². The van der Waals surface area contributed by atoms with Gasteiger partial charge < -0.3 is 5.73 Å². The summed E-state index contributed by atoms with van der Waals surface area (Å²) >= 11 is 5.13. The normalized spacial score (nSPS) is 10.8. The fraction of sp³-hybridized carbons (Fsp3) is 0.0714. The first-order valence-electron chi connectivity index (χ1n) is 5.80. The van der Waals surface area contributed by atoms with Crippen molar-refractivity contribution in [3.05, 3.63) is 45.1 Å². The zero-order chi connectivity index (χ0) is 13.4. The van der Waals surface area contributed by atoms with Crippen LogP contribution in [-0.4, -0.2) is 10.2 Å². The van der Waals surface area contributed by atoms with Crippen molar-refractivity contribution in [2.24, 2.45) is 0 Å². The number of nitrogens with zero attached hydrogens (tertiary/aromatic N) is 1. The third kappa shape index (κ3) is 2.31. The number of aromatic nitrogens is 2. The van der Waals surface area contributed by atoms with Gasteiger partial charge in [-0.3, -0.25) is 5.10 Å².